The Morgan fingerprint density at radius 1 is 1.41 bits per heavy atom. The van der Waals surface area contributed by atoms with Crippen LogP contribution in [-0.4, -0.2) is 68.0 Å². The molecule has 0 saturated carbocycles. The van der Waals surface area contributed by atoms with Gasteiger partial charge < -0.3 is 20.0 Å². The third-order valence-electron chi connectivity index (χ3n) is 4.50. The van der Waals surface area contributed by atoms with Crippen LogP contribution in [0.3, 0.4) is 0 Å². The Labute approximate surface area is 127 Å². The molecule has 2 amide bonds. The lowest BCUT2D eigenvalue weighted by Crippen LogP contribution is -2.42. The van der Waals surface area contributed by atoms with Crippen LogP contribution < -0.4 is 0 Å². The fourth-order valence-corrected chi connectivity index (χ4v) is 3.29. The second-order valence-electron chi connectivity index (χ2n) is 6.15. The molecule has 0 spiro atoms. The summed E-state index contributed by atoms with van der Waals surface area (Å²) in [5.74, 6) is -0.228. The zero-order chi connectivity index (χ0) is 16.0. The van der Waals surface area contributed by atoms with E-state index in [-0.39, 0.29) is 31.0 Å². The summed E-state index contributed by atoms with van der Waals surface area (Å²) in [6, 6.07) is -0.161. The first-order chi connectivity index (χ1) is 10.4. The van der Waals surface area contributed by atoms with Crippen LogP contribution in [0.2, 0.25) is 0 Å². The van der Waals surface area contributed by atoms with E-state index in [1.165, 1.54) is 4.90 Å². The Hall–Kier alpha value is -2.09. The number of hydrogen-bond donors (Lipinski definition) is 2. The fraction of sp³-hybridized carbons (Fsp3) is 0.643. The highest BCUT2D eigenvalue weighted by Crippen LogP contribution is 2.28. The number of carbonyl (C=O) groups excluding carboxylic acids is 1. The van der Waals surface area contributed by atoms with Crippen LogP contribution in [0.25, 0.3) is 0 Å². The Morgan fingerprint density at radius 3 is 2.77 bits per heavy atom. The summed E-state index contributed by atoms with van der Waals surface area (Å²) in [6.45, 7) is 2.94. The zero-order valence-corrected chi connectivity index (χ0v) is 12.7. The molecule has 2 N–H and O–H groups in total. The molecule has 0 aliphatic carbocycles. The van der Waals surface area contributed by atoms with Crippen molar-refractivity contribution in [3.05, 3.63) is 17.0 Å². The molecular weight excluding hydrogens is 288 g/mol. The molecule has 1 aromatic heterocycles. The van der Waals surface area contributed by atoms with E-state index in [1.54, 1.807) is 16.6 Å². The van der Waals surface area contributed by atoms with E-state index in [9.17, 15) is 19.8 Å². The quantitative estimate of drug-likeness (QED) is 0.761. The molecule has 3 heterocycles. The van der Waals surface area contributed by atoms with Crippen molar-refractivity contribution in [1.82, 2.24) is 19.6 Å². The maximum Gasteiger partial charge on any atom is 0.407 e. The van der Waals surface area contributed by atoms with Gasteiger partial charge in [-0.3, -0.25) is 9.48 Å². The number of aliphatic hydroxyl groups is 1. The Morgan fingerprint density at radius 2 is 2.14 bits per heavy atom. The molecule has 3 rings (SSSR count). The molecule has 8 nitrogen and oxygen atoms in total. The number of nitrogens with zero attached hydrogens (tertiary/aromatic N) is 4. The number of amides is 2. The Kier molecular flexibility index (Phi) is 3.56. The maximum absolute atomic E-state index is 12.6. The summed E-state index contributed by atoms with van der Waals surface area (Å²) in [7, 11) is 1.69. The minimum atomic E-state index is -0.985. The molecule has 0 bridgehead atoms. The van der Waals surface area contributed by atoms with Crippen LogP contribution in [0.5, 0.6) is 0 Å². The van der Waals surface area contributed by atoms with Gasteiger partial charge in [0.05, 0.1) is 12.2 Å². The third-order valence-corrected chi connectivity index (χ3v) is 4.50. The van der Waals surface area contributed by atoms with E-state index in [0.29, 0.717) is 30.8 Å². The predicted molar refractivity (Wildman–Crippen MR) is 76.5 cm³/mol. The molecule has 0 aromatic carbocycles. The van der Waals surface area contributed by atoms with E-state index < -0.39 is 6.09 Å². The van der Waals surface area contributed by atoms with Gasteiger partial charge in [0.2, 0.25) is 0 Å². The highest BCUT2D eigenvalue weighted by Gasteiger charge is 2.36. The van der Waals surface area contributed by atoms with Gasteiger partial charge in [0, 0.05) is 50.7 Å². The maximum atomic E-state index is 12.6. The van der Waals surface area contributed by atoms with Crippen molar-refractivity contribution >= 4 is 12.0 Å². The summed E-state index contributed by atoms with van der Waals surface area (Å²) in [4.78, 5) is 26.9. The third kappa shape index (κ3) is 2.23. The van der Waals surface area contributed by atoms with Crippen LogP contribution in [-0.2, 0) is 19.5 Å². The van der Waals surface area contributed by atoms with Gasteiger partial charge in [-0.2, -0.15) is 5.10 Å². The van der Waals surface area contributed by atoms with E-state index in [4.69, 9.17) is 0 Å². The molecule has 0 saturated heterocycles. The monoisotopic (exact) mass is 308 g/mol. The molecule has 0 unspecified atom stereocenters. The Bertz CT molecular complexity index is 627. The van der Waals surface area contributed by atoms with Crippen molar-refractivity contribution in [3.8, 4) is 0 Å². The highest BCUT2D eigenvalue weighted by atomic mass is 16.4. The lowest BCUT2D eigenvalue weighted by Gasteiger charge is -2.30. The van der Waals surface area contributed by atoms with Crippen molar-refractivity contribution in [2.45, 2.75) is 32.5 Å². The molecule has 8 heteroatoms. The molecule has 2 aliphatic heterocycles. The molecule has 120 valence electrons. The highest BCUT2D eigenvalue weighted by molar-refractivity contribution is 5.94. The van der Waals surface area contributed by atoms with Crippen molar-refractivity contribution < 1.29 is 19.8 Å². The average molecular weight is 308 g/mol. The Balaban J connectivity index is 2.05. The van der Waals surface area contributed by atoms with Crippen molar-refractivity contribution in [2.75, 3.05) is 20.2 Å². The minimum Gasteiger partial charge on any atom is -0.465 e. The van der Waals surface area contributed by atoms with Gasteiger partial charge in [-0.25, -0.2) is 4.79 Å². The summed E-state index contributed by atoms with van der Waals surface area (Å²) in [5.41, 5.74) is 1.96. The second kappa shape index (κ2) is 5.28. The van der Waals surface area contributed by atoms with Crippen LogP contribution >= 0.6 is 0 Å². The summed E-state index contributed by atoms with van der Waals surface area (Å²) < 4.78 is 1.65. The normalized spacial score (nSPS) is 24.8. The summed E-state index contributed by atoms with van der Waals surface area (Å²) in [5, 5.41) is 23.3. The van der Waals surface area contributed by atoms with Crippen molar-refractivity contribution in [1.29, 1.82) is 0 Å². The van der Waals surface area contributed by atoms with E-state index >= 15 is 0 Å². The van der Waals surface area contributed by atoms with Gasteiger partial charge in [0.15, 0.2) is 0 Å². The fourth-order valence-electron chi connectivity index (χ4n) is 3.29. The van der Waals surface area contributed by atoms with Gasteiger partial charge in [0.1, 0.15) is 5.69 Å². The lowest BCUT2D eigenvalue weighted by molar-refractivity contribution is 0.0758. The summed E-state index contributed by atoms with van der Waals surface area (Å²) in [6.07, 6.45) is -0.483. The smallest absolute Gasteiger partial charge is 0.407 e. The van der Waals surface area contributed by atoms with Crippen molar-refractivity contribution in [3.63, 3.8) is 0 Å². The first kappa shape index (κ1) is 14.8. The van der Waals surface area contributed by atoms with Gasteiger partial charge in [0.25, 0.3) is 5.91 Å². The lowest BCUT2D eigenvalue weighted by atomic mass is 10.00. The largest absolute Gasteiger partial charge is 0.465 e. The number of fused-ring (bicyclic) bond motifs is 3. The van der Waals surface area contributed by atoms with Crippen LogP contribution in [0.4, 0.5) is 4.79 Å². The summed E-state index contributed by atoms with van der Waals surface area (Å²) >= 11 is 0. The van der Waals surface area contributed by atoms with Gasteiger partial charge in [-0.1, -0.05) is 0 Å². The SMILES string of the molecule is C[C@@H]1Cc2nn3c(c2CN1C(=O)O)C(=O)N(C)C[C@@H](CO)C3. The first-order valence-corrected chi connectivity index (χ1v) is 7.36. The first-order valence-electron chi connectivity index (χ1n) is 7.36. The van der Waals surface area contributed by atoms with Crippen molar-refractivity contribution in [2.24, 2.45) is 5.92 Å². The van der Waals surface area contributed by atoms with Gasteiger partial charge in [-0.05, 0) is 6.92 Å². The number of hydrogen-bond acceptors (Lipinski definition) is 4. The topological polar surface area (TPSA) is 98.9 Å². The number of aromatic nitrogens is 2. The number of carbonyl (C=O) groups is 2. The van der Waals surface area contributed by atoms with Gasteiger partial charge in [-0.15, -0.1) is 0 Å². The number of rotatable bonds is 1. The van der Waals surface area contributed by atoms with E-state index in [0.717, 1.165) is 5.69 Å². The van der Waals surface area contributed by atoms with E-state index in [1.807, 2.05) is 6.92 Å². The van der Waals surface area contributed by atoms with Crippen LogP contribution in [0, 0.1) is 5.92 Å². The molecule has 22 heavy (non-hydrogen) atoms. The van der Waals surface area contributed by atoms with E-state index in [2.05, 4.69) is 5.10 Å². The molecule has 1 aromatic rings. The number of aliphatic hydroxyl groups excluding tert-OH is 1. The average Bonchev–Trinajstić information content (AvgIpc) is 2.75. The van der Waals surface area contributed by atoms with Crippen LogP contribution in [0.15, 0.2) is 0 Å². The molecule has 0 radical (unpaired) electrons. The molecule has 0 fully saturated rings. The van der Waals surface area contributed by atoms with Gasteiger partial charge >= 0.3 is 6.09 Å². The second-order valence-corrected chi connectivity index (χ2v) is 6.15. The minimum absolute atomic E-state index is 0.0146. The number of carboxylic acid groups (broad SMARTS) is 1. The van der Waals surface area contributed by atoms with Crippen LogP contribution in [0.1, 0.15) is 28.7 Å². The molecule has 2 atom stereocenters. The standard InChI is InChI=1S/C14H20N4O4/c1-8-3-11-10(6-17(8)14(21)22)12-13(20)16(2)4-9(7-19)5-18(12)15-11/h8-9,19H,3-7H2,1-2H3,(H,21,22)/t8-,9-/m1/s1. The molecular formula is C14H20N4O4. The molecule has 2 aliphatic rings. The predicted octanol–water partition coefficient (Wildman–Crippen LogP) is 0.00180. The zero-order valence-electron chi connectivity index (χ0n) is 12.7.